The topological polar surface area (TPSA) is 89.6 Å². The summed E-state index contributed by atoms with van der Waals surface area (Å²) in [5.74, 6) is 0.330. The van der Waals surface area contributed by atoms with Gasteiger partial charge in [0.2, 0.25) is 11.8 Å². The van der Waals surface area contributed by atoms with Crippen LogP contribution in [0.4, 0.5) is 13.2 Å². The van der Waals surface area contributed by atoms with E-state index in [2.05, 4.69) is 5.10 Å². The molecule has 31 heavy (non-hydrogen) atoms. The van der Waals surface area contributed by atoms with Crippen LogP contribution < -0.4 is 5.56 Å². The van der Waals surface area contributed by atoms with Crippen LogP contribution in [-0.2, 0) is 22.2 Å². The van der Waals surface area contributed by atoms with Crippen LogP contribution in [0.2, 0.25) is 0 Å². The zero-order valence-corrected chi connectivity index (χ0v) is 17.4. The molecule has 11 heteroatoms. The second kappa shape index (κ2) is 8.25. The highest BCUT2D eigenvalue weighted by Crippen LogP contribution is 2.39. The first-order valence-electron chi connectivity index (χ1n) is 10.6. The predicted molar refractivity (Wildman–Crippen MR) is 104 cm³/mol. The minimum Gasteiger partial charge on any atom is -0.339 e. The number of fused-ring (bicyclic) bond motifs is 1. The van der Waals surface area contributed by atoms with Crippen LogP contribution in [0.1, 0.15) is 48.5 Å². The Morgan fingerprint density at radius 1 is 1.13 bits per heavy atom. The van der Waals surface area contributed by atoms with E-state index in [1.165, 1.54) is 0 Å². The lowest BCUT2D eigenvalue weighted by Crippen LogP contribution is -2.51. The smallest absolute Gasteiger partial charge is 0.339 e. The summed E-state index contributed by atoms with van der Waals surface area (Å²) in [6.07, 6.45) is -2.04. The van der Waals surface area contributed by atoms with Gasteiger partial charge in [0.1, 0.15) is 5.56 Å². The van der Waals surface area contributed by atoms with Crippen LogP contribution in [0, 0.1) is 5.92 Å². The molecule has 2 aliphatic carbocycles. The molecular weight excluding hydrogens is 415 g/mol. The van der Waals surface area contributed by atoms with Crippen molar-refractivity contribution in [2.24, 2.45) is 5.92 Å². The first-order chi connectivity index (χ1) is 14.7. The Balaban J connectivity index is 1.32. The highest BCUT2D eigenvalue weighted by Gasteiger charge is 2.42. The van der Waals surface area contributed by atoms with Gasteiger partial charge in [0.25, 0.3) is 5.56 Å². The number of aromatic amines is 1. The van der Waals surface area contributed by atoms with Crippen LogP contribution in [-0.4, -0.2) is 76.5 Å². The molecule has 1 atom stereocenters. The van der Waals surface area contributed by atoms with Gasteiger partial charge in [0, 0.05) is 45.1 Å². The maximum absolute atomic E-state index is 13.3. The standard InChI is InChI=1S/C20H26F3N5O3/c1-26(14-5-4-13-16(20(21,22)23)18(30)25-24-17(13)14)7-6-15(29)27-8-10-28(11-9-27)19(31)12-2-3-12/h12,14H,2-11H2,1H3,(H,25,30)/t14-/m1/s1. The number of aromatic nitrogens is 2. The van der Waals surface area contributed by atoms with Crippen molar-refractivity contribution in [3.63, 3.8) is 0 Å². The molecule has 0 aromatic carbocycles. The van der Waals surface area contributed by atoms with E-state index in [0.29, 0.717) is 39.1 Å². The van der Waals surface area contributed by atoms with Crippen molar-refractivity contribution in [3.05, 3.63) is 27.2 Å². The number of nitrogens with zero attached hydrogens (tertiary/aromatic N) is 4. The molecule has 8 nitrogen and oxygen atoms in total. The second-order valence-corrected chi connectivity index (χ2v) is 8.55. The minimum absolute atomic E-state index is 0.0333. The lowest BCUT2D eigenvalue weighted by Gasteiger charge is -2.35. The Bertz CT molecular complexity index is 920. The van der Waals surface area contributed by atoms with Crippen LogP contribution in [0.5, 0.6) is 0 Å². The molecule has 2 amide bonds. The van der Waals surface area contributed by atoms with Crippen molar-refractivity contribution in [2.75, 3.05) is 39.8 Å². The Hall–Kier alpha value is -2.43. The SMILES string of the molecule is CN(CCC(=O)N1CCN(C(=O)C2CC2)CC1)[C@@H]1CCc2c1n[nH]c(=O)c2C(F)(F)F. The van der Waals surface area contributed by atoms with Gasteiger partial charge in [-0.2, -0.15) is 18.3 Å². The fourth-order valence-electron chi connectivity index (χ4n) is 4.53. The molecule has 1 aliphatic heterocycles. The molecule has 1 saturated heterocycles. The van der Waals surface area contributed by atoms with Gasteiger partial charge in [0.05, 0.1) is 11.7 Å². The maximum Gasteiger partial charge on any atom is 0.422 e. The zero-order valence-electron chi connectivity index (χ0n) is 17.4. The Morgan fingerprint density at radius 3 is 2.39 bits per heavy atom. The molecule has 0 radical (unpaired) electrons. The van der Waals surface area contributed by atoms with E-state index in [-0.39, 0.29) is 47.9 Å². The molecule has 1 aromatic heterocycles. The largest absolute Gasteiger partial charge is 0.422 e. The van der Waals surface area contributed by atoms with Crippen molar-refractivity contribution in [1.29, 1.82) is 0 Å². The fourth-order valence-corrected chi connectivity index (χ4v) is 4.53. The van der Waals surface area contributed by atoms with Crippen LogP contribution in [0.15, 0.2) is 4.79 Å². The van der Waals surface area contributed by atoms with E-state index in [4.69, 9.17) is 0 Å². The average Bonchev–Trinajstić information content (AvgIpc) is 3.49. The van der Waals surface area contributed by atoms with Crippen molar-refractivity contribution < 1.29 is 22.8 Å². The quantitative estimate of drug-likeness (QED) is 0.741. The molecule has 1 saturated carbocycles. The number of carbonyl (C=O) groups excluding carboxylic acids is 2. The van der Waals surface area contributed by atoms with E-state index in [0.717, 1.165) is 12.8 Å². The third-order valence-corrected chi connectivity index (χ3v) is 6.46. The molecular formula is C20H26F3N5O3. The molecule has 0 unspecified atom stereocenters. The van der Waals surface area contributed by atoms with Crippen LogP contribution in [0.3, 0.4) is 0 Å². The number of hydrogen-bond donors (Lipinski definition) is 1. The first-order valence-corrected chi connectivity index (χ1v) is 10.6. The monoisotopic (exact) mass is 441 g/mol. The van der Waals surface area contributed by atoms with Gasteiger partial charge in [0.15, 0.2) is 0 Å². The fraction of sp³-hybridized carbons (Fsp3) is 0.700. The average molecular weight is 441 g/mol. The van der Waals surface area contributed by atoms with E-state index in [1.807, 2.05) is 14.9 Å². The third kappa shape index (κ3) is 4.46. The number of halogens is 3. The molecule has 2 heterocycles. The summed E-state index contributed by atoms with van der Waals surface area (Å²) in [4.78, 5) is 41.8. The summed E-state index contributed by atoms with van der Waals surface area (Å²) in [5, 5.41) is 5.86. The molecule has 3 aliphatic rings. The number of piperazine rings is 1. The summed E-state index contributed by atoms with van der Waals surface area (Å²) < 4.78 is 39.8. The number of carbonyl (C=O) groups is 2. The maximum atomic E-state index is 13.3. The number of H-pyrrole nitrogens is 1. The van der Waals surface area contributed by atoms with E-state index in [1.54, 1.807) is 11.9 Å². The third-order valence-electron chi connectivity index (χ3n) is 6.46. The summed E-state index contributed by atoms with van der Waals surface area (Å²) >= 11 is 0. The van der Waals surface area contributed by atoms with Crippen molar-refractivity contribution in [3.8, 4) is 0 Å². The van der Waals surface area contributed by atoms with Crippen molar-refractivity contribution in [2.45, 2.75) is 44.3 Å². The number of nitrogens with one attached hydrogen (secondary N) is 1. The van der Waals surface area contributed by atoms with Gasteiger partial charge in [-0.3, -0.25) is 19.3 Å². The summed E-state index contributed by atoms with van der Waals surface area (Å²) in [5.41, 5.74) is -2.20. The molecule has 2 fully saturated rings. The Morgan fingerprint density at radius 2 is 1.77 bits per heavy atom. The molecule has 1 N–H and O–H groups in total. The molecule has 1 aromatic rings. The van der Waals surface area contributed by atoms with E-state index >= 15 is 0 Å². The van der Waals surface area contributed by atoms with Gasteiger partial charge in [-0.05, 0) is 38.3 Å². The Kier molecular flexibility index (Phi) is 5.80. The minimum atomic E-state index is -4.73. The summed E-state index contributed by atoms with van der Waals surface area (Å²) in [6, 6.07) is -0.381. The summed E-state index contributed by atoms with van der Waals surface area (Å²) in [6.45, 7) is 2.47. The second-order valence-electron chi connectivity index (χ2n) is 8.55. The first kappa shape index (κ1) is 21.8. The predicted octanol–water partition coefficient (Wildman–Crippen LogP) is 1.18. The highest BCUT2D eigenvalue weighted by atomic mass is 19.4. The van der Waals surface area contributed by atoms with Crippen LogP contribution >= 0.6 is 0 Å². The number of rotatable bonds is 5. The van der Waals surface area contributed by atoms with Gasteiger partial charge >= 0.3 is 6.18 Å². The highest BCUT2D eigenvalue weighted by molar-refractivity contribution is 5.81. The number of hydrogen-bond acceptors (Lipinski definition) is 5. The van der Waals surface area contributed by atoms with E-state index in [9.17, 15) is 27.6 Å². The zero-order chi connectivity index (χ0) is 22.3. The van der Waals surface area contributed by atoms with Gasteiger partial charge in [-0.1, -0.05) is 0 Å². The Labute approximate surface area is 177 Å². The van der Waals surface area contributed by atoms with E-state index < -0.39 is 17.3 Å². The van der Waals surface area contributed by atoms with Crippen molar-refractivity contribution in [1.82, 2.24) is 24.9 Å². The molecule has 170 valence electrons. The van der Waals surface area contributed by atoms with Crippen LogP contribution in [0.25, 0.3) is 0 Å². The van der Waals surface area contributed by atoms with Gasteiger partial charge < -0.3 is 9.80 Å². The molecule has 4 rings (SSSR count). The molecule has 0 spiro atoms. The lowest BCUT2D eigenvalue weighted by atomic mass is 10.1. The number of amides is 2. The number of alkyl halides is 3. The normalized spacial score (nSPS) is 21.5. The van der Waals surface area contributed by atoms with Gasteiger partial charge in [-0.15, -0.1) is 0 Å². The summed E-state index contributed by atoms with van der Waals surface area (Å²) in [7, 11) is 1.75. The lowest BCUT2D eigenvalue weighted by molar-refractivity contribution is -0.140. The molecule has 0 bridgehead atoms. The van der Waals surface area contributed by atoms with Crippen molar-refractivity contribution >= 4 is 11.8 Å². The van der Waals surface area contributed by atoms with Gasteiger partial charge in [-0.25, -0.2) is 5.10 Å².